The molecule has 36 heavy (non-hydrogen) atoms. The van der Waals surface area contributed by atoms with Crippen molar-refractivity contribution >= 4 is 45.7 Å². The maximum atomic E-state index is 12.2. The molecule has 0 aliphatic carbocycles. The Morgan fingerprint density at radius 3 is 1.42 bits per heavy atom. The van der Waals surface area contributed by atoms with E-state index in [4.69, 9.17) is 0 Å². The number of hydrogen-bond donors (Lipinski definition) is 4. The van der Waals surface area contributed by atoms with E-state index in [-0.39, 0.29) is 11.8 Å². The summed E-state index contributed by atoms with van der Waals surface area (Å²) in [6.45, 7) is 1.49. The topological polar surface area (TPSA) is 126 Å². The van der Waals surface area contributed by atoms with E-state index in [1.165, 1.54) is 0 Å². The van der Waals surface area contributed by atoms with Gasteiger partial charge in [0.15, 0.2) is 0 Å². The van der Waals surface area contributed by atoms with Gasteiger partial charge in [-0.15, -0.1) is 0 Å². The standard InChI is InChI=1S/C26H24N6O4/c33-23-21(27-25(35)29-23)17-13-31(19-9-3-1-7-15(17)19)11-5-6-12-32-14-18(16-8-2-4-10-20(16)32)22-24(34)30-26(36)28-22/h1-4,7-10,13-14,21-22H,5-6,11-12H2,(H2,27,29,33,35)(H2,28,30,34,36). The molecule has 2 fully saturated rings. The van der Waals surface area contributed by atoms with Gasteiger partial charge in [0.2, 0.25) is 0 Å². The fourth-order valence-corrected chi connectivity index (χ4v) is 5.22. The Hall–Kier alpha value is -4.60. The number of urea groups is 2. The number of carbonyl (C=O) groups excluding carboxylic acids is 4. The number of unbranched alkanes of at least 4 members (excludes halogenated alkanes) is 1. The Bertz CT molecular complexity index is 1430. The van der Waals surface area contributed by atoms with Crippen molar-refractivity contribution < 1.29 is 19.2 Å². The molecule has 4 heterocycles. The summed E-state index contributed by atoms with van der Waals surface area (Å²) in [6.07, 6.45) is 5.66. The van der Waals surface area contributed by atoms with Gasteiger partial charge in [0.05, 0.1) is 0 Å². The minimum Gasteiger partial charge on any atom is -0.347 e. The monoisotopic (exact) mass is 484 g/mol. The van der Waals surface area contributed by atoms with Gasteiger partial charge in [-0.25, -0.2) is 9.59 Å². The Labute approximate surface area is 205 Å². The highest BCUT2D eigenvalue weighted by atomic mass is 16.2. The molecule has 10 heteroatoms. The molecule has 0 bridgehead atoms. The molecular weight excluding hydrogens is 460 g/mol. The molecule has 0 saturated carbocycles. The van der Waals surface area contributed by atoms with Crippen molar-refractivity contribution in [2.75, 3.05) is 0 Å². The van der Waals surface area contributed by atoms with Gasteiger partial charge in [0.25, 0.3) is 11.8 Å². The van der Waals surface area contributed by atoms with Crippen molar-refractivity contribution in [3.63, 3.8) is 0 Å². The van der Waals surface area contributed by atoms with Crippen LogP contribution >= 0.6 is 0 Å². The van der Waals surface area contributed by atoms with Crippen LogP contribution in [-0.2, 0) is 22.7 Å². The molecule has 2 unspecified atom stereocenters. The molecule has 6 amide bonds. The lowest BCUT2D eigenvalue weighted by molar-refractivity contribution is -0.121. The summed E-state index contributed by atoms with van der Waals surface area (Å²) in [5, 5.41) is 11.9. The zero-order valence-electron chi connectivity index (χ0n) is 19.3. The fourth-order valence-electron chi connectivity index (χ4n) is 5.22. The van der Waals surface area contributed by atoms with Crippen molar-refractivity contribution in [2.24, 2.45) is 0 Å². The molecular formula is C26H24N6O4. The van der Waals surface area contributed by atoms with E-state index >= 15 is 0 Å². The summed E-state index contributed by atoms with van der Waals surface area (Å²) in [4.78, 5) is 47.8. The Morgan fingerprint density at radius 1 is 0.611 bits per heavy atom. The fraction of sp³-hybridized carbons (Fsp3) is 0.231. The van der Waals surface area contributed by atoms with Crippen LogP contribution in [0.15, 0.2) is 60.9 Å². The van der Waals surface area contributed by atoms with Crippen LogP contribution in [0.1, 0.15) is 36.1 Å². The van der Waals surface area contributed by atoms with Crippen LogP contribution in [-0.4, -0.2) is 33.0 Å². The number of amides is 6. The third-order valence-electron chi connectivity index (χ3n) is 6.86. The van der Waals surface area contributed by atoms with E-state index in [0.717, 1.165) is 58.9 Å². The van der Waals surface area contributed by atoms with Crippen molar-refractivity contribution in [1.82, 2.24) is 30.4 Å². The Balaban J connectivity index is 1.19. The van der Waals surface area contributed by atoms with E-state index in [1.54, 1.807) is 0 Å². The number of hydrogen-bond acceptors (Lipinski definition) is 4. The SMILES string of the molecule is O=C1NC(=O)C(c2cn(CCCCn3cc(C4NC(=O)NC4=O)c4ccccc43)c3ccccc23)N1. The zero-order valence-corrected chi connectivity index (χ0v) is 19.3. The Kier molecular flexibility index (Phi) is 5.21. The zero-order chi connectivity index (χ0) is 24.8. The number of imide groups is 2. The van der Waals surface area contributed by atoms with Crippen LogP contribution in [0, 0.1) is 0 Å². The molecule has 2 atom stereocenters. The summed E-state index contributed by atoms with van der Waals surface area (Å²) in [5.74, 6) is -0.685. The van der Waals surface area contributed by atoms with Gasteiger partial charge < -0.3 is 19.8 Å². The lowest BCUT2D eigenvalue weighted by Crippen LogP contribution is -2.22. The second-order valence-corrected chi connectivity index (χ2v) is 9.09. The van der Waals surface area contributed by atoms with E-state index in [1.807, 2.05) is 60.9 Å². The van der Waals surface area contributed by atoms with E-state index in [0.29, 0.717) is 0 Å². The minimum atomic E-state index is -0.693. The summed E-state index contributed by atoms with van der Waals surface area (Å²) < 4.78 is 4.25. The van der Waals surface area contributed by atoms with Crippen LogP contribution in [0.4, 0.5) is 9.59 Å². The second-order valence-electron chi connectivity index (χ2n) is 9.09. The molecule has 10 nitrogen and oxygen atoms in total. The second kappa shape index (κ2) is 8.56. The molecule has 2 aliphatic rings. The highest BCUT2D eigenvalue weighted by molar-refractivity contribution is 6.07. The van der Waals surface area contributed by atoms with Gasteiger partial charge in [-0.1, -0.05) is 36.4 Å². The molecule has 182 valence electrons. The third kappa shape index (κ3) is 3.67. The number of rotatable bonds is 7. The van der Waals surface area contributed by atoms with E-state index in [9.17, 15) is 19.2 Å². The molecule has 4 N–H and O–H groups in total. The van der Waals surface area contributed by atoms with Gasteiger partial charge in [-0.05, 0) is 25.0 Å². The maximum Gasteiger partial charge on any atom is 0.322 e. The number of carbonyl (C=O) groups is 4. The van der Waals surface area contributed by atoms with Gasteiger partial charge in [0.1, 0.15) is 12.1 Å². The number of aromatic nitrogens is 2. The molecule has 4 aromatic rings. The number of nitrogens with zero attached hydrogens (tertiary/aromatic N) is 2. The van der Waals surface area contributed by atoms with Crippen LogP contribution in [0.3, 0.4) is 0 Å². The first-order valence-corrected chi connectivity index (χ1v) is 11.9. The Morgan fingerprint density at radius 2 is 1.03 bits per heavy atom. The van der Waals surface area contributed by atoms with Crippen molar-refractivity contribution in [1.29, 1.82) is 0 Å². The average Bonchev–Trinajstić information content (AvgIpc) is 3.60. The van der Waals surface area contributed by atoms with Crippen LogP contribution in [0.2, 0.25) is 0 Å². The van der Waals surface area contributed by atoms with Crippen molar-refractivity contribution in [2.45, 2.75) is 38.0 Å². The van der Waals surface area contributed by atoms with Crippen LogP contribution in [0.25, 0.3) is 21.8 Å². The first-order valence-electron chi connectivity index (χ1n) is 11.9. The molecule has 2 aromatic heterocycles. The van der Waals surface area contributed by atoms with Gasteiger partial charge in [0, 0.05) is 58.4 Å². The largest absolute Gasteiger partial charge is 0.347 e. The van der Waals surface area contributed by atoms with Gasteiger partial charge in [-0.2, -0.15) is 0 Å². The molecule has 2 aromatic carbocycles. The van der Waals surface area contributed by atoms with E-state index in [2.05, 4.69) is 30.4 Å². The third-order valence-corrected chi connectivity index (χ3v) is 6.86. The van der Waals surface area contributed by atoms with Crippen LogP contribution < -0.4 is 21.3 Å². The predicted octanol–water partition coefficient (Wildman–Crippen LogP) is 2.84. The van der Waals surface area contributed by atoms with Crippen molar-refractivity contribution in [3.05, 3.63) is 72.1 Å². The summed E-state index contributed by atoms with van der Waals surface area (Å²) in [6, 6.07) is 13.4. The normalized spacial score (nSPS) is 19.6. The van der Waals surface area contributed by atoms with Gasteiger partial charge >= 0.3 is 12.1 Å². The lowest BCUT2D eigenvalue weighted by atomic mass is 10.1. The van der Waals surface area contributed by atoms with Crippen LogP contribution in [0.5, 0.6) is 0 Å². The predicted molar refractivity (Wildman–Crippen MR) is 132 cm³/mol. The molecule has 2 saturated heterocycles. The highest BCUT2D eigenvalue weighted by Gasteiger charge is 2.34. The molecule has 2 aliphatic heterocycles. The maximum absolute atomic E-state index is 12.2. The number of benzene rings is 2. The summed E-state index contributed by atoms with van der Waals surface area (Å²) in [7, 11) is 0. The minimum absolute atomic E-state index is 0.342. The number of nitrogens with one attached hydrogen (secondary N) is 4. The summed E-state index contributed by atoms with van der Waals surface area (Å²) in [5.41, 5.74) is 3.59. The first-order chi connectivity index (χ1) is 17.5. The molecule has 0 spiro atoms. The van der Waals surface area contributed by atoms with Gasteiger partial charge in [-0.3, -0.25) is 20.2 Å². The van der Waals surface area contributed by atoms with E-state index < -0.39 is 24.1 Å². The average molecular weight is 485 g/mol. The smallest absolute Gasteiger partial charge is 0.322 e. The number of para-hydroxylation sites is 2. The lowest BCUT2D eigenvalue weighted by Gasteiger charge is -2.08. The number of aryl methyl sites for hydroxylation is 2. The molecule has 0 radical (unpaired) electrons. The highest BCUT2D eigenvalue weighted by Crippen LogP contribution is 2.30. The first kappa shape index (κ1) is 21.9. The van der Waals surface area contributed by atoms with Crippen molar-refractivity contribution in [3.8, 4) is 0 Å². The number of fused-ring (bicyclic) bond motifs is 2. The molecule has 6 rings (SSSR count). The summed E-state index contributed by atoms with van der Waals surface area (Å²) >= 11 is 0. The quantitative estimate of drug-likeness (QED) is 0.238.